The van der Waals surface area contributed by atoms with E-state index in [9.17, 15) is 0 Å². The highest BCUT2D eigenvalue weighted by Crippen LogP contribution is 2.34. The van der Waals surface area contributed by atoms with Gasteiger partial charge in [0.2, 0.25) is 0 Å². The van der Waals surface area contributed by atoms with Gasteiger partial charge in [-0.15, -0.1) is 10.2 Å². The number of benzene rings is 2. The summed E-state index contributed by atoms with van der Waals surface area (Å²) in [5.74, 6) is 0.775. The van der Waals surface area contributed by atoms with Crippen molar-refractivity contribution in [2.24, 2.45) is 7.05 Å². The molecule has 94 valence electrons. The Bertz CT molecular complexity index is 701. The minimum absolute atomic E-state index is 0.706. The smallest absolute Gasteiger partial charge is 0.166 e. The molecule has 0 saturated heterocycles. The van der Waals surface area contributed by atoms with Gasteiger partial charge < -0.3 is 10.3 Å². The molecule has 0 spiro atoms. The van der Waals surface area contributed by atoms with Crippen molar-refractivity contribution in [1.29, 1.82) is 0 Å². The van der Waals surface area contributed by atoms with Crippen LogP contribution in [0.5, 0.6) is 0 Å². The summed E-state index contributed by atoms with van der Waals surface area (Å²) in [5, 5.41) is 8.10. The maximum atomic E-state index is 6.14. The van der Waals surface area contributed by atoms with Crippen LogP contribution in [-0.4, -0.2) is 14.8 Å². The summed E-state index contributed by atoms with van der Waals surface area (Å²) in [5.41, 5.74) is 9.95. The van der Waals surface area contributed by atoms with Gasteiger partial charge in [0.1, 0.15) is 6.33 Å². The monoisotopic (exact) mass is 250 g/mol. The number of hydrogen-bond donors (Lipinski definition) is 1. The average Bonchev–Trinajstić information content (AvgIpc) is 2.85. The van der Waals surface area contributed by atoms with E-state index in [0.717, 1.165) is 22.5 Å². The van der Waals surface area contributed by atoms with Crippen LogP contribution in [-0.2, 0) is 7.05 Å². The van der Waals surface area contributed by atoms with Crippen LogP contribution in [0.25, 0.3) is 22.5 Å². The molecule has 2 N–H and O–H groups in total. The largest absolute Gasteiger partial charge is 0.398 e. The molecule has 0 atom stereocenters. The predicted octanol–water partition coefficient (Wildman–Crippen LogP) is 2.73. The van der Waals surface area contributed by atoms with Crippen LogP contribution in [0.15, 0.2) is 54.9 Å². The topological polar surface area (TPSA) is 56.7 Å². The van der Waals surface area contributed by atoms with E-state index in [-0.39, 0.29) is 0 Å². The second kappa shape index (κ2) is 4.57. The molecule has 0 amide bonds. The highest BCUT2D eigenvalue weighted by Gasteiger charge is 2.14. The first-order valence-electron chi connectivity index (χ1n) is 6.05. The zero-order valence-corrected chi connectivity index (χ0v) is 10.6. The van der Waals surface area contributed by atoms with E-state index < -0.39 is 0 Å². The van der Waals surface area contributed by atoms with Crippen molar-refractivity contribution in [3.63, 3.8) is 0 Å². The second-order valence-corrected chi connectivity index (χ2v) is 4.40. The summed E-state index contributed by atoms with van der Waals surface area (Å²) in [6, 6.07) is 16.0. The number of nitrogen functional groups attached to an aromatic ring is 1. The van der Waals surface area contributed by atoms with Crippen LogP contribution in [0.2, 0.25) is 0 Å². The van der Waals surface area contributed by atoms with Crippen molar-refractivity contribution in [1.82, 2.24) is 14.8 Å². The highest BCUT2D eigenvalue weighted by atomic mass is 15.2. The van der Waals surface area contributed by atoms with E-state index in [4.69, 9.17) is 5.73 Å². The molecular weight excluding hydrogens is 236 g/mol. The molecule has 1 aromatic heterocycles. The van der Waals surface area contributed by atoms with Crippen molar-refractivity contribution in [3.05, 3.63) is 54.9 Å². The van der Waals surface area contributed by atoms with Gasteiger partial charge in [0.25, 0.3) is 0 Å². The summed E-state index contributed by atoms with van der Waals surface area (Å²) in [4.78, 5) is 0. The molecule has 19 heavy (non-hydrogen) atoms. The van der Waals surface area contributed by atoms with Crippen LogP contribution in [0.1, 0.15) is 0 Å². The SMILES string of the molecule is Cn1cnnc1-c1c(N)cccc1-c1ccccc1. The van der Waals surface area contributed by atoms with Gasteiger partial charge in [-0.2, -0.15) is 0 Å². The maximum Gasteiger partial charge on any atom is 0.166 e. The Morgan fingerprint density at radius 1 is 1.00 bits per heavy atom. The van der Waals surface area contributed by atoms with Crippen molar-refractivity contribution >= 4 is 5.69 Å². The van der Waals surface area contributed by atoms with E-state index in [0.29, 0.717) is 5.69 Å². The van der Waals surface area contributed by atoms with Gasteiger partial charge in [-0.3, -0.25) is 0 Å². The minimum Gasteiger partial charge on any atom is -0.398 e. The van der Waals surface area contributed by atoms with E-state index in [1.807, 2.05) is 41.9 Å². The van der Waals surface area contributed by atoms with Crippen molar-refractivity contribution in [2.45, 2.75) is 0 Å². The molecule has 0 saturated carbocycles. The molecule has 0 unspecified atom stereocenters. The Hall–Kier alpha value is -2.62. The van der Waals surface area contributed by atoms with Crippen molar-refractivity contribution < 1.29 is 0 Å². The van der Waals surface area contributed by atoms with Gasteiger partial charge in [0, 0.05) is 12.7 Å². The van der Waals surface area contributed by atoms with Crippen LogP contribution >= 0.6 is 0 Å². The second-order valence-electron chi connectivity index (χ2n) is 4.40. The molecule has 0 fully saturated rings. The minimum atomic E-state index is 0.706. The third kappa shape index (κ3) is 1.97. The molecule has 0 aliphatic rings. The van der Waals surface area contributed by atoms with E-state index >= 15 is 0 Å². The van der Waals surface area contributed by atoms with Crippen molar-refractivity contribution in [2.75, 3.05) is 5.73 Å². The van der Waals surface area contributed by atoms with Gasteiger partial charge >= 0.3 is 0 Å². The Morgan fingerprint density at radius 2 is 1.79 bits per heavy atom. The molecule has 0 aliphatic heterocycles. The fourth-order valence-electron chi connectivity index (χ4n) is 2.19. The Kier molecular flexibility index (Phi) is 2.76. The van der Waals surface area contributed by atoms with E-state index in [1.54, 1.807) is 6.33 Å². The normalized spacial score (nSPS) is 10.6. The summed E-state index contributed by atoms with van der Waals surface area (Å²) >= 11 is 0. The third-order valence-electron chi connectivity index (χ3n) is 3.12. The number of nitrogens with two attached hydrogens (primary N) is 1. The molecule has 0 aliphatic carbocycles. The average molecular weight is 250 g/mol. The lowest BCUT2D eigenvalue weighted by molar-refractivity contribution is 0.920. The molecule has 1 heterocycles. The zero-order valence-electron chi connectivity index (χ0n) is 10.6. The van der Waals surface area contributed by atoms with Gasteiger partial charge in [-0.25, -0.2) is 0 Å². The van der Waals surface area contributed by atoms with Gasteiger partial charge in [-0.05, 0) is 17.2 Å². The molecular formula is C15H14N4. The van der Waals surface area contributed by atoms with Crippen LogP contribution in [0, 0.1) is 0 Å². The lowest BCUT2D eigenvalue weighted by Gasteiger charge is -2.11. The van der Waals surface area contributed by atoms with Crippen LogP contribution in [0.4, 0.5) is 5.69 Å². The van der Waals surface area contributed by atoms with Crippen LogP contribution < -0.4 is 5.73 Å². The number of aromatic nitrogens is 3. The molecule has 4 nitrogen and oxygen atoms in total. The van der Waals surface area contributed by atoms with Gasteiger partial charge in [0.05, 0.1) is 5.56 Å². The molecule has 3 rings (SSSR count). The standard InChI is InChI=1S/C15H14N4/c1-19-10-17-18-15(19)14-12(8-5-9-13(14)16)11-6-3-2-4-7-11/h2-10H,16H2,1H3. The number of rotatable bonds is 2. The maximum absolute atomic E-state index is 6.14. The number of anilines is 1. The first-order chi connectivity index (χ1) is 9.27. The summed E-state index contributed by atoms with van der Waals surface area (Å²) < 4.78 is 1.87. The number of aryl methyl sites for hydroxylation is 1. The summed E-state index contributed by atoms with van der Waals surface area (Å²) in [6.45, 7) is 0. The fraction of sp³-hybridized carbons (Fsp3) is 0.0667. The molecule has 3 aromatic rings. The molecule has 0 bridgehead atoms. The van der Waals surface area contributed by atoms with E-state index in [2.05, 4.69) is 28.4 Å². The molecule has 4 heteroatoms. The third-order valence-corrected chi connectivity index (χ3v) is 3.12. The molecule has 2 aromatic carbocycles. The van der Waals surface area contributed by atoms with E-state index in [1.165, 1.54) is 0 Å². The van der Waals surface area contributed by atoms with Crippen LogP contribution in [0.3, 0.4) is 0 Å². The quantitative estimate of drug-likeness (QED) is 0.711. The number of nitrogens with zero attached hydrogens (tertiary/aromatic N) is 3. The van der Waals surface area contributed by atoms with Crippen molar-refractivity contribution in [3.8, 4) is 22.5 Å². The fourth-order valence-corrected chi connectivity index (χ4v) is 2.19. The predicted molar refractivity (Wildman–Crippen MR) is 76.3 cm³/mol. The molecule has 0 radical (unpaired) electrons. The Balaban J connectivity index is 2.28. The Labute approximate surface area is 111 Å². The lowest BCUT2D eigenvalue weighted by atomic mass is 9.98. The summed E-state index contributed by atoms with van der Waals surface area (Å²) in [6.07, 6.45) is 1.68. The number of hydrogen-bond acceptors (Lipinski definition) is 3. The van der Waals surface area contributed by atoms with Gasteiger partial charge in [-0.1, -0.05) is 42.5 Å². The lowest BCUT2D eigenvalue weighted by Crippen LogP contribution is -1.98. The highest BCUT2D eigenvalue weighted by molar-refractivity contribution is 5.88. The first-order valence-corrected chi connectivity index (χ1v) is 6.05. The summed E-state index contributed by atoms with van der Waals surface area (Å²) in [7, 11) is 1.91. The Morgan fingerprint density at radius 3 is 2.47 bits per heavy atom. The first kappa shape index (κ1) is 11.5. The van der Waals surface area contributed by atoms with Gasteiger partial charge in [0.15, 0.2) is 5.82 Å². The zero-order chi connectivity index (χ0) is 13.2.